The fraction of sp³-hybridized carbons (Fsp3) is 0.571. The zero-order chi connectivity index (χ0) is 17.0. The number of ether oxygens (including phenoxy) is 1. The molecule has 1 aliphatic carbocycles. The lowest BCUT2D eigenvalue weighted by atomic mass is 9.83. The predicted octanol–water partition coefficient (Wildman–Crippen LogP) is 4.64. The van der Waals surface area contributed by atoms with Crippen molar-refractivity contribution in [2.24, 2.45) is 0 Å². The Morgan fingerprint density at radius 3 is 2.68 bits per heavy atom. The number of pyridine rings is 1. The van der Waals surface area contributed by atoms with Gasteiger partial charge in [-0.25, -0.2) is 0 Å². The molecule has 1 saturated carbocycles. The maximum atomic E-state index is 6.44. The molecule has 1 saturated heterocycles. The van der Waals surface area contributed by atoms with Crippen LogP contribution in [0.2, 0.25) is 0 Å². The number of thiophene rings is 1. The number of rotatable bonds is 6. The quantitative estimate of drug-likeness (QED) is 0.754. The van der Waals surface area contributed by atoms with Gasteiger partial charge in [0.05, 0.1) is 12.7 Å². The van der Waals surface area contributed by atoms with Crippen LogP contribution < -0.4 is 0 Å². The van der Waals surface area contributed by atoms with Crippen LogP contribution in [0.25, 0.3) is 0 Å². The molecule has 2 fully saturated rings. The summed E-state index contributed by atoms with van der Waals surface area (Å²) < 4.78 is 6.44. The molecule has 1 aliphatic heterocycles. The zero-order valence-corrected chi connectivity index (χ0v) is 15.7. The topological polar surface area (TPSA) is 25.4 Å². The second-order valence-electron chi connectivity index (χ2n) is 7.62. The van der Waals surface area contributed by atoms with Crippen molar-refractivity contribution in [1.82, 2.24) is 9.88 Å². The Hall–Kier alpha value is -1.23. The van der Waals surface area contributed by atoms with Crippen molar-refractivity contribution >= 4 is 11.3 Å². The van der Waals surface area contributed by atoms with Gasteiger partial charge in [-0.2, -0.15) is 11.3 Å². The zero-order valence-electron chi connectivity index (χ0n) is 14.9. The molecule has 25 heavy (non-hydrogen) atoms. The predicted molar refractivity (Wildman–Crippen MR) is 103 cm³/mol. The number of piperidine rings is 1. The van der Waals surface area contributed by atoms with Crippen molar-refractivity contribution in [2.45, 2.75) is 56.6 Å². The molecule has 0 atom stereocenters. The Morgan fingerprint density at radius 1 is 1.16 bits per heavy atom. The normalized spacial score (nSPS) is 21.6. The van der Waals surface area contributed by atoms with Gasteiger partial charge in [-0.3, -0.25) is 9.88 Å². The monoisotopic (exact) mass is 356 g/mol. The standard InChI is InChI=1S/C21H28N2OS/c1-4-11-22-20(5-1)21(9-2-3-10-21)17-24-19-6-12-23(13-7-19)15-18-8-14-25-16-18/h1,4-5,8,11,14,16,19H,2-3,6-7,9-10,12-13,15,17H2. The van der Waals surface area contributed by atoms with Crippen LogP contribution in [-0.2, 0) is 16.7 Å². The lowest BCUT2D eigenvalue weighted by Gasteiger charge is -2.35. The third-order valence-corrected chi connectivity index (χ3v) is 6.62. The second kappa shape index (κ2) is 7.98. The van der Waals surface area contributed by atoms with Crippen LogP contribution in [-0.4, -0.2) is 35.7 Å². The Morgan fingerprint density at radius 2 is 2.00 bits per heavy atom. The Balaban J connectivity index is 1.29. The molecular weight excluding hydrogens is 328 g/mol. The number of nitrogens with zero attached hydrogens (tertiary/aromatic N) is 2. The van der Waals surface area contributed by atoms with E-state index in [1.807, 2.05) is 12.3 Å². The van der Waals surface area contributed by atoms with E-state index < -0.39 is 0 Å². The van der Waals surface area contributed by atoms with Crippen LogP contribution in [0.4, 0.5) is 0 Å². The van der Waals surface area contributed by atoms with Crippen molar-refractivity contribution in [3.05, 3.63) is 52.5 Å². The number of hydrogen-bond donors (Lipinski definition) is 0. The van der Waals surface area contributed by atoms with E-state index in [0.29, 0.717) is 6.10 Å². The summed E-state index contributed by atoms with van der Waals surface area (Å²) in [5.74, 6) is 0. The Labute approximate surface area is 155 Å². The van der Waals surface area contributed by atoms with Gasteiger partial charge in [0.25, 0.3) is 0 Å². The van der Waals surface area contributed by atoms with E-state index in [1.54, 1.807) is 11.3 Å². The summed E-state index contributed by atoms with van der Waals surface area (Å²) in [5.41, 5.74) is 2.85. The molecule has 0 amide bonds. The molecule has 0 aromatic carbocycles. The number of likely N-dealkylation sites (tertiary alicyclic amines) is 1. The molecule has 2 aromatic heterocycles. The first-order chi connectivity index (χ1) is 12.3. The van der Waals surface area contributed by atoms with E-state index in [0.717, 1.165) is 39.1 Å². The molecule has 134 valence electrons. The van der Waals surface area contributed by atoms with Gasteiger partial charge in [0.15, 0.2) is 0 Å². The van der Waals surface area contributed by atoms with Crippen LogP contribution in [0.5, 0.6) is 0 Å². The maximum Gasteiger partial charge on any atom is 0.0600 e. The molecular formula is C21H28N2OS. The smallest absolute Gasteiger partial charge is 0.0600 e. The molecule has 2 aliphatic rings. The van der Waals surface area contributed by atoms with Gasteiger partial charge in [-0.05, 0) is 60.2 Å². The molecule has 4 rings (SSSR count). The average molecular weight is 357 g/mol. The molecule has 0 radical (unpaired) electrons. The first-order valence-corrected chi connectivity index (χ1v) is 10.5. The summed E-state index contributed by atoms with van der Waals surface area (Å²) >= 11 is 1.79. The largest absolute Gasteiger partial charge is 0.377 e. The van der Waals surface area contributed by atoms with Gasteiger partial charge in [-0.1, -0.05) is 18.9 Å². The van der Waals surface area contributed by atoms with Crippen molar-refractivity contribution in [3.8, 4) is 0 Å². The van der Waals surface area contributed by atoms with E-state index in [4.69, 9.17) is 4.74 Å². The van der Waals surface area contributed by atoms with Crippen molar-refractivity contribution in [3.63, 3.8) is 0 Å². The van der Waals surface area contributed by atoms with Crippen molar-refractivity contribution < 1.29 is 4.74 Å². The highest BCUT2D eigenvalue weighted by atomic mass is 32.1. The molecule has 4 heteroatoms. The van der Waals surface area contributed by atoms with Crippen LogP contribution >= 0.6 is 11.3 Å². The van der Waals surface area contributed by atoms with E-state index in [1.165, 1.54) is 36.9 Å². The van der Waals surface area contributed by atoms with E-state index in [-0.39, 0.29) is 5.41 Å². The van der Waals surface area contributed by atoms with Crippen LogP contribution in [0.3, 0.4) is 0 Å². The number of hydrogen-bond acceptors (Lipinski definition) is 4. The van der Waals surface area contributed by atoms with Gasteiger partial charge in [0, 0.05) is 36.9 Å². The first-order valence-electron chi connectivity index (χ1n) is 9.61. The van der Waals surface area contributed by atoms with E-state index in [9.17, 15) is 0 Å². The van der Waals surface area contributed by atoms with Gasteiger partial charge in [-0.15, -0.1) is 0 Å². The van der Waals surface area contributed by atoms with E-state index >= 15 is 0 Å². The third kappa shape index (κ3) is 4.13. The first kappa shape index (κ1) is 17.2. The summed E-state index contributed by atoms with van der Waals surface area (Å²) in [6.07, 6.45) is 9.71. The molecule has 3 heterocycles. The van der Waals surface area contributed by atoms with Crippen molar-refractivity contribution in [2.75, 3.05) is 19.7 Å². The average Bonchev–Trinajstić information content (AvgIpc) is 3.35. The minimum Gasteiger partial charge on any atom is -0.377 e. The molecule has 0 bridgehead atoms. The summed E-state index contributed by atoms with van der Waals surface area (Å²) in [6.45, 7) is 4.24. The molecule has 0 unspecified atom stereocenters. The van der Waals surface area contributed by atoms with Crippen LogP contribution in [0.1, 0.15) is 49.8 Å². The summed E-state index contributed by atoms with van der Waals surface area (Å²) in [7, 11) is 0. The minimum atomic E-state index is 0.162. The van der Waals surface area contributed by atoms with Gasteiger partial charge in [0.1, 0.15) is 0 Å². The van der Waals surface area contributed by atoms with Gasteiger partial charge < -0.3 is 4.74 Å². The van der Waals surface area contributed by atoms with Crippen LogP contribution in [0, 0.1) is 0 Å². The highest BCUT2D eigenvalue weighted by molar-refractivity contribution is 7.07. The lowest BCUT2D eigenvalue weighted by molar-refractivity contribution is -0.0186. The van der Waals surface area contributed by atoms with Crippen LogP contribution in [0.15, 0.2) is 41.2 Å². The Bertz CT molecular complexity index is 629. The summed E-state index contributed by atoms with van der Waals surface area (Å²) in [5, 5.41) is 4.43. The summed E-state index contributed by atoms with van der Waals surface area (Å²) in [6, 6.07) is 8.56. The minimum absolute atomic E-state index is 0.162. The van der Waals surface area contributed by atoms with E-state index in [2.05, 4.69) is 38.8 Å². The molecule has 0 spiro atoms. The Kier molecular flexibility index (Phi) is 5.49. The highest BCUT2D eigenvalue weighted by Gasteiger charge is 2.38. The maximum absolute atomic E-state index is 6.44. The fourth-order valence-electron chi connectivity index (χ4n) is 4.35. The summed E-state index contributed by atoms with van der Waals surface area (Å²) in [4.78, 5) is 7.22. The second-order valence-corrected chi connectivity index (χ2v) is 8.40. The van der Waals surface area contributed by atoms with Gasteiger partial charge in [0.2, 0.25) is 0 Å². The fourth-order valence-corrected chi connectivity index (χ4v) is 5.01. The lowest BCUT2D eigenvalue weighted by Crippen LogP contribution is -2.39. The third-order valence-electron chi connectivity index (χ3n) is 5.89. The highest BCUT2D eigenvalue weighted by Crippen LogP contribution is 2.40. The van der Waals surface area contributed by atoms with Gasteiger partial charge >= 0.3 is 0 Å². The van der Waals surface area contributed by atoms with Crippen molar-refractivity contribution in [1.29, 1.82) is 0 Å². The molecule has 3 nitrogen and oxygen atoms in total. The molecule has 2 aromatic rings. The number of aromatic nitrogens is 1. The molecule has 0 N–H and O–H groups in total. The SMILES string of the molecule is c1ccc(C2(COC3CCN(Cc4ccsc4)CC3)CCCC2)nc1.